The van der Waals surface area contributed by atoms with Gasteiger partial charge in [0.2, 0.25) is 0 Å². The number of esters is 1. The van der Waals surface area contributed by atoms with Gasteiger partial charge in [-0.3, -0.25) is 9.69 Å². The predicted octanol–water partition coefficient (Wildman–Crippen LogP) is 2.52. The van der Waals surface area contributed by atoms with Gasteiger partial charge in [0.05, 0.1) is 18.9 Å². The molecule has 2 saturated heterocycles. The van der Waals surface area contributed by atoms with Crippen LogP contribution in [0.5, 0.6) is 0 Å². The molecule has 3 rings (SSSR count). The van der Waals surface area contributed by atoms with E-state index in [1.54, 1.807) is 11.3 Å². The zero-order valence-electron chi connectivity index (χ0n) is 13.5. The Labute approximate surface area is 135 Å². The van der Waals surface area contributed by atoms with Crippen LogP contribution in [-0.4, -0.2) is 48.2 Å². The number of rotatable bonds is 4. The monoisotopic (exact) mass is 324 g/mol. The minimum Gasteiger partial charge on any atom is -0.465 e. The Kier molecular flexibility index (Phi) is 4.52. The Balaban J connectivity index is 1.72. The quantitative estimate of drug-likeness (QED) is 0.797. The van der Waals surface area contributed by atoms with Crippen molar-refractivity contribution >= 4 is 17.3 Å². The van der Waals surface area contributed by atoms with E-state index in [0.29, 0.717) is 12.6 Å². The van der Waals surface area contributed by atoms with E-state index in [0.717, 1.165) is 30.4 Å². The van der Waals surface area contributed by atoms with Gasteiger partial charge in [-0.05, 0) is 40.2 Å². The van der Waals surface area contributed by atoms with Crippen molar-refractivity contribution in [2.45, 2.75) is 51.2 Å². The van der Waals surface area contributed by atoms with Crippen molar-refractivity contribution in [3.05, 3.63) is 16.1 Å². The second kappa shape index (κ2) is 6.26. The first-order chi connectivity index (χ1) is 10.5. The van der Waals surface area contributed by atoms with E-state index in [4.69, 9.17) is 9.47 Å². The second-order valence-electron chi connectivity index (χ2n) is 6.53. The normalized spacial score (nSPS) is 26.0. The predicted molar refractivity (Wildman–Crippen MR) is 85.1 cm³/mol. The molecule has 1 aromatic heterocycles. The molecule has 5 nitrogen and oxygen atoms in total. The highest BCUT2D eigenvalue weighted by molar-refractivity contribution is 7.09. The fourth-order valence-electron chi connectivity index (χ4n) is 3.11. The van der Waals surface area contributed by atoms with Gasteiger partial charge in [0.1, 0.15) is 16.5 Å². The first kappa shape index (κ1) is 15.9. The molecule has 2 fully saturated rings. The van der Waals surface area contributed by atoms with Crippen LogP contribution < -0.4 is 0 Å². The summed E-state index contributed by atoms with van der Waals surface area (Å²) in [7, 11) is 0. The van der Waals surface area contributed by atoms with Crippen molar-refractivity contribution in [2.24, 2.45) is 0 Å². The highest BCUT2D eigenvalue weighted by Crippen LogP contribution is 2.34. The van der Waals surface area contributed by atoms with Crippen LogP contribution in [0, 0.1) is 0 Å². The molecule has 2 atom stereocenters. The standard InChI is InChI=1S/C16H24N2O3S/c1-4-20-15(19)16(2,3)13-10-22-14(17-13)12-8-18-7-5-6-11(18)9-21-12/h10-12H,4-9H2,1-3H3/t11-,12-/m1/s1. The van der Waals surface area contributed by atoms with E-state index in [1.165, 1.54) is 12.8 Å². The molecule has 0 spiro atoms. The fraction of sp³-hybridized carbons (Fsp3) is 0.750. The summed E-state index contributed by atoms with van der Waals surface area (Å²) in [6.45, 7) is 8.81. The van der Waals surface area contributed by atoms with Crippen LogP contribution in [0.4, 0.5) is 0 Å². The third-order valence-electron chi connectivity index (χ3n) is 4.61. The van der Waals surface area contributed by atoms with Crippen LogP contribution in [-0.2, 0) is 19.7 Å². The van der Waals surface area contributed by atoms with E-state index in [9.17, 15) is 4.79 Å². The molecule has 0 radical (unpaired) electrons. The summed E-state index contributed by atoms with van der Waals surface area (Å²) in [5, 5.41) is 2.93. The molecular formula is C16H24N2O3S. The molecule has 2 aliphatic heterocycles. The van der Waals surface area contributed by atoms with Crippen LogP contribution >= 0.6 is 11.3 Å². The molecule has 122 valence electrons. The molecule has 0 N–H and O–H groups in total. The number of nitrogens with zero attached hydrogens (tertiary/aromatic N) is 2. The highest BCUT2D eigenvalue weighted by atomic mass is 32.1. The summed E-state index contributed by atoms with van der Waals surface area (Å²) in [4.78, 5) is 19.3. The zero-order valence-corrected chi connectivity index (χ0v) is 14.3. The lowest BCUT2D eigenvalue weighted by atomic mass is 9.90. The molecule has 0 saturated carbocycles. The first-order valence-electron chi connectivity index (χ1n) is 8.01. The van der Waals surface area contributed by atoms with Gasteiger partial charge in [0.15, 0.2) is 0 Å². The molecule has 0 unspecified atom stereocenters. The van der Waals surface area contributed by atoms with E-state index in [1.807, 2.05) is 26.2 Å². The number of hydrogen-bond donors (Lipinski definition) is 0. The van der Waals surface area contributed by atoms with Crippen LogP contribution in [0.2, 0.25) is 0 Å². The number of fused-ring (bicyclic) bond motifs is 1. The number of hydrogen-bond acceptors (Lipinski definition) is 6. The lowest BCUT2D eigenvalue weighted by Crippen LogP contribution is -2.42. The van der Waals surface area contributed by atoms with Gasteiger partial charge < -0.3 is 9.47 Å². The minimum atomic E-state index is -0.713. The van der Waals surface area contributed by atoms with Crippen molar-refractivity contribution in [1.29, 1.82) is 0 Å². The summed E-state index contributed by atoms with van der Waals surface area (Å²) >= 11 is 1.58. The van der Waals surface area contributed by atoms with Crippen molar-refractivity contribution in [2.75, 3.05) is 26.3 Å². The fourth-order valence-corrected chi connectivity index (χ4v) is 4.13. The number of morpholine rings is 1. The maximum atomic E-state index is 12.1. The van der Waals surface area contributed by atoms with Crippen molar-refractivity contribution in [3.63, 3.8) is 0 Å². The highest BCUT2D eigenvalue weighted by Gasteiger charge is 2.37. The Morgan fingerprint density at radius 1 is 1.59 bits per heavy atom. The Hall–Kier alpha value is -0.980. The maximum Gasteiger partial charge on any atom is 0.317 e. The number of carbonyl (C=O) groups excluding carboxylic acids is 1. The number of aromatic nitrogens is 1. The SMILES string of the molecule is CCOC(=O)C(C)(C)c1csc([C@H]2CN3CCC[C@@H]3CO2)n1. The lowest BCUT2D eigenvalue weighted by molar-refractivity contribution is -0.148. The smallest absolute Gasteiger partial charge is 0.317 e. The van der Waals surface area contributed by atoms with Crippen LogP contribution in [0.3, 0.4) is 0 Å². The molecule has 22 heavy (non-hydrogen) atoms. The molecule has 0 aliphatic carbocycles. The van der Waals surface area contributed by atoms with Crippen LogP contribution in [0.15, 0.2) is 5.38 Å². The topological polar surface area (TPSA) is 51.7 Å². The summed E-state index contributed by atoms with van der Waals surface area (Å²) in [5.41, 5.74) is 0.0633. The van der Waals surface area contributed by atoms with Gasteiger partial charge in [-0.15, -0.1) is 11.3 Å². The summed E-state index contributed by atoms with van der Waals surface area (Å²) < 4.78 is 11.2. The van der Waals surface area contributed by atoms with Gasteiger partial charge in [0, 0.05) is 18.0 Å². The van der Waals surface area contributed by atoms with Gasteiger partial charge in [0.25, 0.3) is 0 Å². The summed E-state index contributed by atoms with van der Waals surface area (Å²) in [5.74, 6) is -0.226. The average molecular weight is 324 g/mol. The Morgan fingerprint density at radius 3 is 3.18 bits per heavy atom. The number of ether oxygens (including phenoxy) is 2. The minimum absolute atomic E-state index is 0.0334. The zero-order chi connectivity index (χ0) is 15.7. The largest absolute Gasteiger partial charge is 0.465 e. The van der Waals surface area contributed by atoms with Crippen LogP contribution in [0.25, 0.3) is 0 Å². The third-order valence-corrected chi connectivity index (χ3v) is 5.55. The molecular weight excluding hydrogens is 300 g/mol. The van der Waals surface area contributed by atoms with Crippen molar-refractivity contribution in [1.82, 2.24) is 9.88 Å². The Morgan fingerprint density at radius 2 is 2.41 bits per heavy atom. The molecule has 0 amide bonds. The lowest BCUT2D eigenvalue weighted by Gasteiger charge is -2.34. The first-order valence-corrected chi connectivity index (χ1v) is 8.89. The van der Waals surface area contributed by atoms with Crippen molar-refractivity contribution < 1.29 is 14.3 Å². The van der Waals surface area contributed by atoms with Gasteiger partial charge in [-0.25, -0.2) is 4.98 Å². The number of thiazole rings is 1. The summed E-state index contributed by atoms with van der Waals surface area (Å²) in [6, 6.07) is 0.589. The molecule has 3 heterocycles. The third kappa shape index (κ3) is 2.92. The second-order valence-corrected chi connectivity index (χ2v) is 7.42. The molecule has 1 aromatic rings. The van der Waals surface area contributed by atoms with E-state index in [2.05, 4.69) is 9.88 Å². The van der Waals surface area contributed by atoms with Gasteiger partial charge in [-0.1, -0.05) is 0 Å². The number of carbonyl (C=O) groups is 1. The van der Waals surface area contributed by atoms with Crippen LogP contribution in [0.1, 0.15) is 50.4 Å². The maximum absolute atomic E-state index is 12.1. The Bertz CT molecular complexity index is 543. The van der Waals surface area contributed by atoms with Gasteiger partial charge in [-0.2, -0.15) is 0 Å². The van der Waals surface area contributed by atoms with E-state index in [-0.39, 0.29) is 12.1 Å². The average Bonchev–Trinajstić information content (AvgIpc) is 3.16. The van der Waals surface area contributed by atoms with Crippen molar-refractivity contribution in [3.8, 4) is 0 Å². The molecule has 2 aliphatic rings. The van der Waals surface area contributed by atoms with Gasteiger partial charge >= 0.3 is 5.97 Å². The van der Waals surface area contributed by atoms with E-state index >= 15 is 0 Å². The molecule has 6 heteroatoms. The van der Waals surface area contributed by atoms with E-state index < -0.39 is 5.41 Å². The summed E-state index contributed by atoms with van der Waals surface area (Å²) in [6.07, 6.45) is 2.54. The molecule has 0 bridgehead atoms. The molecule has 0 aromatic carbocycles.